The largest absolute Gasteiger partial charge is 0.481 e. The first-order valence-electron chi connectivity index (χ1n) is 14.3. The number of rotatable bonds is 11. The van der Waals surface area contributed by atoms with Gasteiger partial charge in [0.25, 0.3) is 11.8 Å². The number of nitrogens with zero attached hydrogens (tertiary/aromatic N) is 1. The first-order valence-corrected chi connectivity index (χ1v) is 14.3. The van der Waals surface area contributed by atoms with E-state index in [1.807, 2.05) is 0 Å². The minimum Gasteiger partial charge on any atom is -0.481 e. The number of hydrogen-bond acceptors (Lipinski definition) is 12. The van der Waals surface area contributed by atoms with Gasteiger partial charge in [-0.2, -0.15) is 0 Å². The summed E-state index contributed by atoms with van der Waals surface area (Å²) in [5.74, 6) is -12.6. The van der Waals surface area contributed by atoms with Gasteiger partial charge in [0.05, 0.1) is 25.2 Å². The fraction of sp³-hybridized carbons (Fsp3) is 0.577. The number of nitrogens with one attached hydrogen (secondary N) is 6. The average Bonchev–Trinajstić information content (AvgIpc) is 2.99. The second kappa shape index (κ2) is 19.9. The molecule has 0 spiro atoms. The molecule has 0 radical (unpaired) electrons. The first kappa shape index (κ1) is 40.5. The Morgan fingerprint density at radius 1 is 0.688 bits per heavy atom. The van der Waals surface area contributed by atoms with Crippen molar-refractivity contribution in [2.45, 2.75) is 88.3 Å². The second-order valence-corrected chi connectivity index (χ2v) is 10.4. The summed E-state index contributed by atoms with van der Waals surface area (Å²) >= 11 is 0. The van der Waals surface area contributed by atoms with Crippen molar-refractivity contribution in [1.29, 1.82) is 0 Å². The molecule has 0 saturated carbocycles. The number of carbonyl (C=O) groups excluding carboxylic acids is 6. The Hall–Kier alpha value is -5.51. The number of carboxylic acids is 4. The van der Waals surface area contributed by atoms with Gasteiger partial charge >= 0.3 is 23.9 Å². The third-order valence-electron chi connectivity index (χ3n) is 6.48. The van der Waals surface area contributed by atoms with Crippen molar-refractivity contribution in [3.8, 4) is 0 Å². The Balaban J connectivity index is 3.53. The summed E-state index contributed by atoms with van der Waals surface area (Å²) in [4.78, 5) is 125. The highest BCUT2D eigenvalue weighted by atomic mass is 16.4. The second-order valence-electron chi connectivity index (χ2n) is 10.4. The molecule has 22 nitrogen and oxygen atoms in total. The number of carbonyl (C=O) groups is 10. The molecule has 0 aromatic rings. The molecule has 0 fully saturated rings. The van der Waals surface area contributed by atoms with Gasteiger partial charge in [-0.15, -0.1) is 0 Å². The Labute approximate surface area is 271 Å². The van der Waals surface area contributed by atoms with E-state index in [4.69, 9.17) is 15.3 Å². The number of amides is 6. The van der Waals surface area contributed by atoms with Crippen LogP contribution < -0.4 is 31.9 Å². The number of aliphatic hydroxyl groups excluding tert-OH is 1. The first-order chi connectivity index (χ1) is 22.4. The molecule has 1 rings (SSSR count). The van der Waals surface area contributed by atoms with Crippen LogP contribution in [-0.2, 0) is 47.9 Å². The fourth-order valence-corrected chi connectivity index (χ4v) is 4.00. The molecule has 0 saturated heterocycles. The summed E-state index contributed by atoms with van der Waals surface area (Å²) in [5.41, 5.74) is 0. The highest BCUT2D eigenvalue weighted by molar-refractivity contribution is 6.28. The minimum atomic E-state index is -1.88. The van der Waals surface area contributed by atoms with E-state index in [0.29, 0.717) is 6.21 Å². The summed E-state index contributed by atoms with van der Waals surface area (Å²) < 4.78 is 0. The van der Waals surface area contributed by atoms with Gasteiger partial charge in [-0.25, -0.2) is 4.99 Å². The van der Waals surface area contributed by atoms with Crippen molar-refractivity contribution in [1.82, 2.24) is 31.9 Å². The van der Waals surface area contributed by atoms with Crippen LogP contribution >= 0.6 is 0 Å². The van der Waals surface area contributed by atoms with Gasteiger partial charge in [0.2, 0.25) is 23.6 Å². The van der Waals surface area contributed by atoms with Crippen LogP contribution in [0.3, 0.4) is 0 Å². The zero-order valence-electron chi connectivity index (χ0n) is 25.5. The molecule has 0 unspecified atom stereocenters. The molecule has 266 valence electrons. The number of aliphatic imine (C=N–C) groups is 1. The molecule has 1 aliphatic heterocycles. The van der Waals surface area contributed by atoms with E-state index in [1.54, 1.807) is 0 Å². The van der Waals surface area contributed by atoms with E-state index in [1.165, 1.54) is 0 Å². The molecule has 48 heavy (non-hydrogen) atoms. The van der Waals surface area contributed by atoms with Gasteiger partial charge in [-0.1, -0.05) is 0 Å². The molecule has 0 bridgehead atoms. The highest BCUT2D eigenvalue weighted by Crippen LogP contribution is 2.06. The Bertz CT molecular complexity index is 1300. The van der Waals surface area contributed by atoms with Crippen LogP contribution in [0.2, 0.25) is 0 Å². The quantitative estimate of drug-likeness (QED) is 0.0968. The third kappa shape index (κ3) is 15.7. The van der Waals surface area contributed by atoms with Crippen LogP contribution in [0.25, 0.3) is 0 Å². The number of hydrogen-bond donors (Lipinski definition) is 11. The summed E-state index contributed by atoms with van der Waals surface area (Å²) in [6.07, 6.45) is -5.92. The summed E-state index contributed by atoms with van der Waals surface area (Å²) in [6, 6.07) is -8.17. The lowest BCUT2D eigenvalue weighted by Crippen LogP contribution is -2.58. The van der Waals surface area contributed by atoms with Gasteiger partial charge in [0, 0.05) is 19.3 Å². The minimum absolute atomic E-state index is 0.397. The van der Waals surface area contributed by atoms with Crippen LogP contribution in [0.4, 0.5) is 0 Å². The van der Waals surface area contributed by atoms with Gasteiger partial charge < -0.3 is 52.1 Å². The zero-order chi connectivity index (χ0) is 36.6. The molecule has 22 heteroatoms. The van der Waals surface area contributed by atoms with E-state index >= 15 is 0 Å². The predicted octanol–water partition coefficient (Wildman–Crippen LogP) is -4.98. The van der Waals surface area contributed by atoms with Gasteiger partial charge in [0.1, 0.15) is 30.4 Å². The molecular formula is C26H37N7O15. The summed E-state index contributed by atoms with van der Waals surface area (Å²) in [7, 11) is 0. The van der Waals surface area contributed by atoms with E-state index in [-0.39, 0.29) is 0 Å². The number of carboxylic acid groups (broad SMARTS) is 4. The highest BCUT2D eigenvalue weighted by Gasteiger charge is 2.32. The topological polar surface area (TPSA) is 356 Å². The van der Waals surface area contributed by atoms with Crippen LogP contribution in [0.15, 0.2) is 4.99 Å². The maximum atomic E-state index is 13.2. The molecule has 0 aliphatic carbocycles. The van der Waals surface area contributed by atoms with Crippen molar-refractivity contribution in [3.63, 3.8) is 0 Å². The van der Waals surface area contributed by atoms with E-state index in [9.17, 15) is 58.2 Å². The molecule has 6 atom stereocenters. The lowest BCUT2D eigenvalue weighted by atomic mass is 10.1. The molecule has 1 heterocycles. The summed E-state index contributed by atoms with van der Waals surface area (Å²) in [6.45, 7) is 0.308. The average molecular weight is 688 g/mol. The number of aliphatic carboxylic acids is 4. The molecule has 6 amide bonds. The van der Waals surface area contributed by atoms with Gasteiger partial charge in [0.15, 0.2) is 0 Å². The van der Waals surface area contributed by atoms with E-state index < -0.39 is 147 Å². The Morgan fingerprint density at radius 2 is 1.17 bits per heavy atom. The monoisotopic (exact) mass is 687 g/mol. The molecule has 1 aliphatic rings. The molecular weight excluding hydrogens is 650 g/mol. The predicted molar refractivity (Wildman–Crippen MR) is 156 cm³/mol. The van der Waals surface area contributed by atoms with Crippen molar-refractivity contribution in [2.75, 3.05) is 6.54 Å². The maximum absolute atomic E-state index is 13.2. The third-order valence-corrected chi connectivity index (χ3v) is 6.48. The van der Waals surface area contributed by atoms with Crippen LogP contribution in [0.1, 0.15) is 51.9 Å². The van der Waals surface area contributed by atoms with Crippen LogP contribution in [0.5, 0.6) is 0 Å². The number of aliphatic hydroxyl groups is 1. The van der Waals surface area contributed by atoms with Crippen molar-refractivity contribution in [2.24, 2.45) is 4.99 Å². The zero-order valence-corrected chi connectivity index (χ0v) is 25.5. The van der Waals surface area contributed by atoms with Crippen molar-refractivity contribution in [3.05, 3.63) is 0 Å². The van der Waals surface area contributed by atoms with Crippen LogP contribution in [-0.4, -0.2) is 134 Å². The van der Waals surface area contributed by atoms with Crippen molar-refractivity contribution >= 4 is 65.5 Å². The summed E-state index contributed by atoms with van der Waals surface area (Å²) in [5, 5.41) is 60.0. The molecule has 0 aromatic heterocycles. The Morgan fingerprint density at radius 3 is 1.67 bits per heavy atom. The fourth-order valence-electron chi connectivity index (χ4n) is 4.00. The standard InChI is InChI=1S/C26H37N7O15/c1-11-22(44)27-9-16(34)30-12(2-5-18(36)37)23(45)28-10-17(35)31-15(8-21(42)43)26(48)33-14(4-7-20(40)41)25(47)32-13(24(46)29-11)3-6-19(38)39/h9,11-15,23,28,45H,2-8,10H2,1H3,(H,29,46)(H,30,34)(H,31,35)(H,32,47)(H,33,48)(H,36,37)(H,38,39)(H,40,41)(H,42,43)/t11-,12-,13-,14-,15-,23+/m0/s1. The van der Waals surface area contributed by atoms with Crippen LogP contribution in [0, 0.1) is 0 Å². The SMILES string of the molecule is C[C@@H]1NC(=O)[C@H](CCC(=O)O)NC(=O)[C@H](CCC(=O)O)NC(=O)[C@H](CC(=O)O)NC(=O)CN[C@H](O)[C@H](CCC(=O)O)NC(=O)C=NC1=O. The van der Waals surface area contributed by atoms with Crippen molar-refractivity contribution < 1.29 is 73.5 Å². The lowest BCUT2D eigenvalue weighted by molar-refractivity contribution is -0.141. The Kier molecular flexibility index (Phi) is 16.8. The van der Waals surface area contributed by atoms with E-state index in [0.717, 1.165) is 6.92 Å². The van der Waals surface area contributed by atoms with Gasteiger partial charge in [-0.05, 0) is 26.2 Å². The van der Waals surface area contributed by atoms with E-state index in [2.05, 4.69) is 36.9 Å². The van der Waals surface area contributed by atoms with Gasteiger partial charge in [-0.3, -0.25) is 53.3 Å². The smallest absolute Gasteiger partial charge is 0.305 e. The normalized spacial score (nSPS) is 25.3. The maximum Gasteiger partial charge on any atom is 0.305 e. The molecule has 0 aromatic carbocycles. The molecule has 11 N–H and O–H groups in total. The lowest BCUT2D eigenvalue weighted by Gasteiger charge is -2.25.